The Balaban J connectivity index is 1.43. The molecule has 1 unspecified atom stereocenters. The number of hydrogen-bond acceptors (Lipinski definition) is 6. The first-order chi connectivity index (χ1) is 15.9. The molecular formula is C23H23N3O5S2. The minimum atomic E-state index is -3.79. The Bertz CT molecular complexity index is 1330. The Morgan fingerprint density at radius 1 is 1.09 bits per heavy atom. The number of primary amides is 1. The molecule has 5 rings (SSSR count). The minimum absolute atomic E-state index is 0.0508. The molecule has 2 N–H and O–H groups in total. The summed E-state index contributed by atoms with van der Waals surface area (Å²) < 4.78 is 35.0. The Morgan fingerprint density at radius 2 is 1.85 bits per heavy atom. The number of benzene rings is 2. The van der Waals surface area contributed by atoms with E-state index in [1.165, 1.54) is 27.8 Å². The molecule has 10 heteroatoms. The molecule has 0 radical (unpaired) electrons. The van der Waals surface area contributed by atoms with E-state index in [0.717, 1.165) is 16.5 Å². The summed E-state index contributed by atoms with van der Waals surface area (Å²) in [6.45, 7) is 1.13. The first-order valence-electron chi connectivity index (χ1n) is 10.7. The van der Waals surface area contributed by atoms with Crippen LogP contribution >= 0.6 is 11.3 Å². The van der Waals surface area contributed by atoms with Gasteiger partial charge in [0.15, 0.2) is 0 Å². The van der Waals surface area contributed by atoms with Crippen LogP contribution < -0.4 is 10.6 Å². The summed E-state index contributed by atoms with van der Waals surface area (Å²) in [6.07, 6.45) is 0.715. The Hall–Kier alpha value is -2.79. The van der Waals surface area contributed by atoms with Crippen molar-refractivity contribution in [3.05, 3.63) is 59.0 Å². The zero-order chi connectivity index (χ0) is 23.2. The van der Waals surface area contributed by atoms with E-state index >= 15 is 0 Å². The van der Waals surface area contributed by atoms with Gasteiger partial charge in [-0.3, -0.25) is 9.59 Å². The summed E-state index contributed by atoms with van der Waals surface area (Å²) in [6, 6.07) is 14.0. The van der Waals surface area contributed by atoms with Gasteiger partial charge in [0.2, 0.25) is 15.9 Å². The standard InChI is InChI=1S/C23H23N3O5S2/c24-23(28)22-21(17-4-1-2-5-19(17)32-22)18-14-25(12-13-31-18)33(29,30)16-9-7-15(8-10-16)26-11-3-6-20(26)27/h1-2,4-5,7-10,18H,3,6,11-14H2,(H2,24,28). The van der Waals surface area contributed by atoms with E-state index in [4.69, 9.17) is 10.5 Å². The molecule has 2 saturated heterocycles. The molecule has 2 amide bonds. The molecule has 33 heavy (non-hydrogen) atoms. The van der Waals surface area contributed by atoms with Gasteiger partial charge in [0.05, 0.1) is 22.5 Å². The normalized spacial score (nSPS) is 19.9. The number of morpholine rings is 1. The zero-order valence-electron chi connectivity index (χ0n) is 17.8. The maximum atomic E-state index is 13.4. The highest BCUT2D eigenvalue weighted by Gasteiger charge is 2.35. The fourth-order valence-corrected chi connectivity index (χ4v) is 6.99. The molecule has 0 saturated carbocycles. The van der Waals surface area contributed by atoms with Crippen molar-refractivity contribution in [2.75, 3.05) is 31.1 Å². The first-order valence-corrected chi connectivity index (χ1v) is 13.0. The number of sulfonamides is 1. The Labute approximate surface area is 195 Å². The van der Waals surface area contributed by atoms with Crippen LogP contribution in [0, 0.1) is 0 Å². The van der Waals surface area contributed by atoms with Crippen molar-refractivity contribution in [2.24, 2.45) is 5.73 Å². The number of nitrogens with two attached hydrogens (primary N) is 1. The molecule has 1 aromatic heterocycles. The van der Waals surface area contributed by atoms with Gasteiger partial charge in [-0.05, 0) is 42.1 Å². The van der Waals surface area contributed by atoms with Crippen LogP contribution in [-0.4, -0.2) is 50.8 Å². The van der Waals surface area contributed by atoms with Gasteiger partial charge in [-0.1, -0.05) is 18.2 Å². The van der Waals surface area contributed by atoms with Crippen LogP contribution in [0.5, 0.6) is 0 Å². The lowest BCUT2D eigenvalue weighted by atomic mass is 10.0. The van der Waals surface area contributed by atoms with Crippen molar-refractivity contribution in [1.29, 1.82) is 0 Å². The fourth-order valence-electron chi connectivity index (χ4n) is 4.46. The van der Waals surface area contributed by atoms with E-state index in [0.29, 0.717) is 29.1 Å². The topological polar surface area (TPSA) is 110 Å². The number of fused-ring (bicyclic) bond motifs is 1. The van der Waals surface area contributed by atoms with Gasteiger partial charge in [-0.15, -0.1) is 11.3 Å². The molecule has 172 valence electrons. The maximum absolute atomic E-state index is 13.4. The molecule has 2 aliphatic rings. The molecule has 3 heterocycles. The number of carbonyl (C=O) groups is 2. The summed E-state index contributed by atoms with van der Waals surface area (Å²) in [5, 5.41) is 0.847. The van der Waals surface area contributed by atoms with Crippen molar-refractivity contribution in [3.8, 4) is 0 Å². The summed E-state index contributed by atoms with van der Waals surface area (Å²) in [7, 11) is -3.79. The first kappa shape index (κ1) is 22.0. The third-order valence-corrected chi connectivity index (χ3v) is 9.15. The molecule has 1 atom stereocenters. The predicted octanol–water partition coefficient (Wildman–Crippen LogP) is 2.89. The van der Waals surface area contributed by atoms with Crippen LogP contribution in [0.3, 0.4) is 0 Å². The number of ether oxygens (including phenoxy) is 1. The highest BCUT2D eigenvalue weighted by molar-refractivity contribution is 7.89. The highest BCUT2D eigenvalue weighted by Crippen LogP contribution is 2.38. The maximum Gasteiger partial charge on any atom is 0.259 e. The van der Waals surface area contributed by atoms with Crippen LogP contribution in [0.4, 0.5) is 5.69 Å². The van der Waals surface area contributed by atoms with Crippen molar-refractivity contribution in [3.63, 3.8) is 0 Å². The summed E-state index contributed by atoms with van der Waals surface area (Å²) in [5.41, 5.74) is 6.97. The predicted molar refractivity (Wildman–Crippen MR) is 126 cm³/mol. The Morgan fingerprint density at radius 3 is 2.55 bits per heavy atom. The number of anilines is 1. The molecule has 0 spiro atoms. The number of hydrogen-bond donors (Lipinski definition) is 1. The molecular weight excluding hydrogens is 462 g/mol. The van der Waals surface area contributed by atoms with Crippen LogP contribution in [0.15, 0.2) is 53.4 Å². The molecule has 0 aliphatic carbocycles. The largest absolute Gasteiger partial charge is 0.371 e. The molecule has 8 nitrogen and oxygen atoms in total. The van der Waals surface area contributed by atoms with Gasteiger partial charge >= 0.3 is 0 Å². The second-order valence-corrected chi connectivity index (χ2v) is 11.1. The second-order valence-electron chi connectivity index (χ2n) is 8.07. The number of carbonyl (C=O) groups excluding carboxylic acids is 2. The molecule has 3 aromatic rings. The lowest BCUT2D eigenvalue weighted by molar-refractivity contribution is -0.117. The molecule has 2 aromatic carbocycles. The van der Waals surface area contributed by atoms with Crippen LogP contribution in [0.25, 0.3) is 10.1 Å². The van der Waals surface area contributed by atoms with Gasteiger partial charge in [-0.25, -0.2) is 8.42 Å². The van der Waals surface area contributed by atoms with E-state index in [-0.39, 0.29) is 30.5 Å². The molecule has 2 aliphatic heterocycles. The lowest BCUT2D eigenvalue weighted by Crippen LogP contribution is -2.42. The average molecular weight is 486 g/mol. The number of amides is 2. The quantitative estimate of drug-likeness (QED) is 0.598. The second kappa shape index (κ2) is 8.53. The van der Waals surface area contributed by atoms with Crippen LogP contribution in [-0.2, 0) is 19.6 Å². The van der Waals surface area contributed by atoms with E-state index in [2.05, 4.69) is 0 Å². The average Bonchev–Trinajstić information content (AvgIpc) is 3.43. The van der Waals surface area contributed by atoms with Gasteiger partial charge in [0.25, 0.3) is 5.91 Å². The molecule has 0 bridgehead atoms. The van der Waals surface area contributed by atoms with Crippen molar-refractivity contribution >= 4 is 48.9 Å². The van der Waals surface area contributed by atoms with E-state index < -0.39 is 22.0 Å². The van der Waals surface area contributed by atoms with Gasteiger partial charge in [0, 0.05) is 42.0 Å². The van der Waals surface area contributed by atoms with Gasteiger partial charge in [0.1, 0.15) is 0 Å². The monoisotopic (exact) mass is 485 g/mol. The van der Waals surface area contributed by atoms with Crippen LogP contribution in [0.2, 0.25) is 0 Å². The zero-order valence-corrected chi connectivity index (χ0v) is 19.4. The summed E-state index contributed by atoms with van der Waals surface area (Å²) >= 11 is 1.29. The third-order valence-electron chi connectivity index (χ3n) is 6.07. The smallest absolute Gasteiger partial charge is 0.259 e. The van der Waals surface area contributed by atoms with Crippen molar-refractivity contribution in [1.82, 2.24) is 4.31 Å². The van der Waals surface area contributed by atoms with E-state index in [1.807, 2.05) is 24.3 Å². The van der Waals surface area contributed by atoms with Crippen molar-refractivity contribution in [2.45, 2.75) is 23.8 Å². The van der Waals surface area contributed by atoms with Crippen LogP contribution in [0.1, 0.15) is 34.2 Å². The number of thiophene rings is 1. The lowest BCUT2D eigenvalue weighted by Gasteiger charge is -2.32. The SMILES string of the molecule is NC(=O)c1sc2ccccc2c1C1CN(S(=O)(=O)c2ccc(N3CCCC3=O)cc2)CCO1. The van der Waals surface area contributed by atoms with Crippen molar-refractivity contribution < 1.29 is 22.7 Å². The minimum Gasteiger partial charge on any atom is -0.371 e. The summed E-state index contributed by atoms with van der Waals surface area (Å²) in [4.78, 5) is 26.3. The van der Waals surface area contributed by atoms with E-state index in [1.54, 1.807) is 17.0 Å². The number of rotatable bonds is 5. The third kappa shape index (κ3) is 3.93. The molecule has 2 fully saturated rings. The number of nitrogens with zero attached hydrogens (tertiary/aromatic N) is 2. The van der Waals surface area contributed by atoms with Gasteiger partial charge in [-0.2, -0.15) is 4.31 Å². The summed E-state index contributed by atoms with van der Waals surface area (Å²) in [5.74, 6) is -0.503. The van der Waals surface area contributed by atoms with Gasteiger partial charge < -0.3 is 15.4 Å². The fraction of sp³-hybridized carbons (Fsp3) is 0.304. The Kier molecular flexibility index (Phi) is 5.69. The van der Waals surface area contributed by atoms with E-state index in [9.17, 15) is 18.0 Å². The highest BCUT2D eigenvalue weighted by atomic mass is 32.2.